The number of benzene rings is 2. The zero-order valence-corrected chi connectivity index (χ0v) is 18.0. The Kier molecular flexibility index (Phi) is 5.89. The summed E-state index contributed by atoms with van der Waals surface area (Å²) in [5.74, 6) is -1.37. The van der Waals surface area contributed by atoms with Crippen molar-refractivity contribution in [2.45, 2.75) is 37.6 Å². The highest BCUT2D eigenvalue weighted by Crippen LogP contribution is 2.39. The van der Waals surface area contributed by atoms with Crippen molar-refractivity contribution in [3.05, 3.63) is 71.3 Å². The van der Waals surface area contributed by atoms with E-state index in [1.807, 2.05) is 61.5 Å². The number of anilines is 1. The predicted octanol–water partition coefficient (Wildman–Crippen LogP) is 3.27. The standard InChI is InChI=1S/C25H28N4O2/c1-29(2)20-11-9-18(10-12-20)17-26-28-24(31)23(30)15-22-21-8-4-3-7-19(21)16-25(27-22)13-5-6-14-25/h3-4,7-12,15,17,27H,5-6,13-14,16H2,1-2H3,(H,28,31)/b22-15?,26-17+. The zero-order valence-electron chi connectivity index (χ0n) is 18.0. The maximum atomic E-state index is 12.6. The molecule has 1 spiro atoms. The van der Waals surface area contributed by atoms with Gasteiger partial charge in [0, 0.05) is 42.7 Å². The van der Waals surface area contributed by atoms with Gasteiger partial charge in [-0.15, -0.1) is 0 Å². The summed E-state index contributed by atoms with van der Waals surface area (Å²) < 4.78 is 0. The number of amides is 1. The van der Waals surface area contributed by atoms with Crippen LogP contribution in [0.25, 0.3) is 5.70 Å². The number of carbonyl (C=O) groups is 2. The highest BCUT2D eigenvalue weighted by Gasteiger charge is 2.38. The Morgan fingerprint density at radius 3 is 2.48 bits per heavy atom. The maximum Gasteiger partial charge on any atom is 0.311 e. The second-order valence-corrected chi connectivity index (χ2v) is 8.55. The van der Waals surface area contributed by atoms with Crippen molar-refractivity contribution in [1.82, 2.24) is 10.7 Å². The molecule has 160 valence electrons. The Hall–Kier alpha value is -3.41. The number of nitrogens with zero attached hydrogens (tertiary/aromatic N) is 2. The molecule has 2 N–H and O–H groups in total. The zero-order chi connectivity index (χ0) is 21.8. The van der Waals surface area contributed by atoms with Crippen molar-refractivity contribution in [1.29, 1.82) is 0 Å². The molecule has 2 aromatic carbocycles. The van der Waals surface area contributed by atoms with E-state index in [9.17, 15) is 9.59 Å². The number of hydrazone groups is 1. The molecule has 1 saturated carbocycles. The normalized spacial score (nSPS) is 18.1. The summed E-state index contributed by atoms with van der Waals surface area (Å²) >= 11 is 0. The third-order valence-corrected chi connectivity index (χ3v) is 6.09. The minimum atomic E-state index is -0.751. The second kappa shape index (κ2) is 8.76. The lowest BCUT2D eigenvalue weighted by Crippen LogP contribution is -2.47. The van der Waals surface area contributed by atoms with E-state index in [2.05, 4.69) is 21.9 Å². The summed E-state index contributed by atoms with van der Waals surface area (Å²) in [6, 6.07) is 15.8. The molecule has 0 saturated heterocycles. The van der Waals surface area contributed by atoms with Crippen molar-refractivity contribution in [2.24, 2.45) is 5.10 Å². The highest BCUT2D eigenvalue weighted by atomic mass is 16.2. The van der Waals surface area contributed by atoms with Crippen molar-refractivity contribution in [3.8, 4) is 0 Å². The summed E-state index contributed by atoms with van der Waals surface area (Å²) in [7, 11) is 3.94. The van der Waals surface area contributed by atoms with Gasteiger partial charge in [-0.25, -0.2) is 5.43 Å². The lowest BCUT2D eigenvalue weighted by molar-refractivity contribution is -0.135. The minimum Gasteiger partial charge on any atom is -0.379 e. The molecule has 0 bridgehead atoms. The SMILES string of the molecule is CN(C)c1ccc(/C=N/NC(=O)C(=O)C=C2NC3(CCCC3)Cc3ccccc32)cc1. The van der Waals surface area contributed by atoms with E-state index < -0.39 is 11.7 Å². The van der Waals surface area contributed by atoms with Crippen LogP contribution in [-0.2, 0) is 16.0 Å². The van der Waals surface area contributed by atoms with Crippen LogP contribution in [0.1, 0.15) is 42.4 Å². The Morgan fingerprint density at radius 2 is 1.77 bits per heavy atom. The average molecular weight is 417 g/mol. The summed E-state index contributed by atoms with van der Waals surface area (Å²) in [5, 5.41) is 7.52. The molecule has 6 heteroatoms. The van der Waals surface area contributed by atoms with Crippen molar-refractivity contribution in [3.63, 3.8) is 0 Å². The molecule has 0 aromatic heterocycles. The fourth-order valence-electron chi connectivity index (χ4n) is 4.44. The van der Waals surface area contributed by atoms with E-state index in [4.69, 9.17) is 0 Å². The smallest absolute Gasteiger partial charge is 0.311 e. The van der Waals surface area contributed by atoms with Gasteiger partial charge in [0.25, 0.3) is 0 Å². The van der Waals surface area contributed by atoms with Crippen LogP contribution in [0.15, 0.2) is 59.7 Å². The molecule has 1 aliphatic carbocycles. The quantitative estimate of drug-likeness (QED) is 0.340. The molecule has 1 amide bonds. The van der Waals surface area contributed by atoms with Gasteiger partial charge in [-0.1, -0.05) is 49.2 Å². The number of carbonyl (C=O) groups excluding carboxylic acids is 2. The summed E-state index contributed by atoms with van der Waals surface area (Å²) in [5.41, 5.74) is 7.19. The molecule has 0 unspecified atom stereocenters. The number of hydrogen-bond acceptors (Lipinski definition) is 5. The number of ketones is 1. The summed E-state index contributed by atoms with van der Waals surface area (Å²) in [6.07, 6.45) is 8.42. The topological polar surface area (TPSA) is 73.8 Å². The van der Waals surface area contributed by atoms with Gasteiger partial charge in [-0.05, 0) is 42.5 Å². The monoisotopic (exact) mass is 416 g/mol. The molecular formula is C25H28N4O2. The molecule has 0 atom stereocenters. The number of rotatable bonds is 5. The summed E-state index contributed by atoms with van der Waals surface area (Å²) in [4.78, 5) is 26.9. The van der Waals surface area contributed by atoms with Crippen LogP contribution < -0.4 is 15.6 Å². The number of fused-ring (bicyclic) bond motifs is 1. The molecule has 2 aliphatic rings. The molecule has 6 nitrogen and oxygen atoms in total. The van der Waals surface area contributed by atoms with E-state index in [-0.39, 0.29) is 5.54 Å². The first-order chi connectivity index (χ1) is 15.0. The third kappa shape index (κ3) is 4.68. The highest BCUT2D eigenvalue weighted by molar-refractivity contribution is 6.41. The lowest BCUT2D eigenvalue weighted by atomic mass is 9.82. The van der Waals surface area contributed by atoms with Gasteiger partial charge in [0.2, 0.25) is 5.78 Å². The van der Waals surface area contributed by atoms with Crippen LogP contribution in [0.3, 0.4) is 0 Å². The first-order valence-electron chi connectivity index (χ1n) is 10.7. The third-order valence-electron chi connectivity index (χ3n) is 6.09. The van der Waals surface area contributed by atoms with E-state index >= 15 is 0 Å². The van der Waals surface area contributed by atoms with Crippen LogP contribution in [0, 0.1) is 0 Å². The van der Waals surface area contributed by atoms with Gasteiger partial charge >= 0.3 is 5.91 Å². The van der Waals surface area contributed by atoms with Crippen LogP contribution >= 0.6 is 0 Å². The van der Waals surface area contributed by atoms with Crippen LogP contribution in [-0.4, -0.2) is 37.5 Å². The van der Waals surface area contributed by atoms with Gasteiger partial charge < -0.3 is 10.2 Å². The van der Waals surface area contributed by atoms with Crippen molar-refractivity contribution in [2.75, 3.05) is 19.0 Å². The van der Waals surface area contributed by atoms with Crippen LogP contribution in [0.5, 0.6) is 0 Å². The number of nitrogens with one attached hydrogen (secondary N) is 2. The lowest BCUT2D eigenvalue weighted by Gasteiger charge is -2.38. The fraction of sp³-hybridized carbons (Fsp3) is 0.320. The van der Waals surface area contributed by atoms with Gasteiger partial charge in [0.15, 0.2) is 0 Å². The van der Waals surface area contributed by atoms with Gasteiger partial charge in [-0.3, -0.25) is 9.59 Å². The first kappa shape index (κ1) is 20.8. The molecule has 1 fully saturated rings. The average Bonchev–Trinajstić information content (AvgIpc) is 3.21. The molecule has 1 heterocycles. The molecule has 0 radical (unpaired) electrons. The maximum absolute atomic E-state index is 12.6. The van der Waals surface area contributed by atoms with Gasteiger partial charge in [-0.2, -0.15) is 5.10 Å². The van der Waals surface area contributed by atoms with E-state index in [0.717, 1.165) is 41.8 Å². The molecular weight excluding hydrogens is 388 g/mol. The fourth-order valence-corrected chi connectivity index (χ4v) is 4.44. The van der Waals surface area contributed by atoms with Crippen LogP contribution in [0.2, 0.25) is 0 Å². The predicted molar refractivity (Wildman–Crippen MR) is 124 cm³/mol. The van der Waals surface area contributed by atoms with Crippen LogP contribution in [0.4, 0.5) is 5.69 Å². The molecule has 2 aromatic rings. The Bertz CT molecular complexity index is 1030. The largest absolute Gasteiger partial charge is 0.379 e. The van der Waals surface area contributed by atoms with Gasteiger partial charge in [0.1, 0.15) is 0 Å². The first-order valence-corrected chi connectivity index (χ1v) is 10.7. The molecule has 31 heavy (non-hydrogen) atoms. The van der Waals surface area contributed by atoms with E-state index in [1.54, 1.807) is 0 Å². The Balaban J connectivity index is 1.45. The molecule has 4 rings (SSSR count). The van der Waals surface area contributed by atoms with E-state index in [0.29, 0.717) is 0 Å². The summed E-state index contributed by atoms with van der Waals surface area (Å²) in [6.45, 7) is 0. The van der Waals surface area contributed by atoms with Crippen molar-refractivity contribution < 1.29 is 9.59 Å². The molecule has 1 aliphatic heterocycles. The second-order valence-electron chi connectivity index (χ2n) is 8.55. The number of hydrogen-bond donors (Lipinski definition) is 2. The van der Waals surface area contributed by atoms with Crippen molar-refractivity contribution >= 4 is 29.3 Å². The Morgan fingerprint density at radius 1 is 1.06 bits per heavy atom. The minimum absolute atomic E-state index is 0.00613. The van der Waals surface area contributed by atoms with E-state index in [1.165, 1.54) is 30.7 Å². The Labute approximate surface area is 183 Å². The van der Waals surface area contributed by atoms with Gasteiger partial charge in [0.05, 0.1) is 6.21 Å².